The fraction of sp³-hybridized carbons (Fsp3) is 0.290. The number of nitro benzene ring substituents is 1. The van der Waals surface area contributed by atoms with Crippen LogP contribution in [0.4, 0.5) is 11.4 Å². The number of esters is 2. The quantitative estimate of drug-likeness (QED) is 0.163. The number of nitro groups is 1. The molecule has 0 amide bonds. The summed E-state index contributed by atoms with van der Waals surface area (Å²) in [5, 5.41) is 13.4. The Morgan fingerprint density at radius 2 is 1.93 bits per heavy atom. The summed E-state index contributed by atoms with van der Waals surface area (Å²) in [6, 6.07) is 11.4. The summed E-state index contributed by atoms with van der Waals surface area (Å²) in [6.07, 6.45) is 3.32. The number of ether oxygens (including phenoxy) is 2. The average molecular weight is 603 g/mol. The number of nitrogens with zero attached hydrogens (tertiary/aromatic N) is 3. The maximum absolute atomic E-state index is 14.7. The zero-order valence-electron chi connectivity index (χ0n) is 23.8. The number of aryl methyl sites for hydroxylation is 1. The van der Waals surface area contributed by atoms with Crippen LogP contribution in [-0.2, 0) is 23.9 Å². The molecule has 0 unspecified atom stereocenters. The van der Waals surface area contributed by atoms with Crippen LogP contribution in [0.1, 0.15) is 48.1 Å². The standard InChI is InChI=1S/C31H30N4O7S/c1-4-41-30(37)25-20(23-9-7-13-43-23)15-22-26(28(25)36)24(18-8-6-12-33-16-18)27(31(38)42-5-2)29(32)34(22)21-11-10-19(35(39)40)14-17(21)3/h6-14,16,20,24-25H,4-5,15,32H2,1-3H3/t20-,24+,25+/m1/s1. The summed E-state index contributed by atoms with van der Waals surface area (Å²) in [5.74, 6) is -4.57. The number of ketones is 1. The Balaban J connectivity index is 1.83. The van der Waals surface area contributed by atoms with Gasteiger partial charge in [0.1, 0.15) is 11.7 Å². The number of hydrogen-bond donors (Lipinski definition) is 1. The lowest BCUT2D eigenvalue weighted by atomic mass is 9.68. The molecule has 3 aromatic rings. The molecule has 2 aliphatic rings. The van der Waals surface area contributed by atoms with E-state index in [1.165, 1.54) is 23.5 Å². The number of thiophene rings is 1. The zero-order chi connectivity index (χ0) is 30.8. The minimum Gasteiger partial charge on any atom is -0.465 e. The number of rotatable bonds is 8. The van der Waals surface area contributed by atoms with Crippen LogP contribution in [0.25, 0.3) is 0 Å². The molecule has 12 heteroatoms. The Bertz CT molecular complexity index is 1650. The molecule has 0 saturated heterocycles. The second-order valence-corrected chi connectivity index (χ2v) is 11.1. The van der Waals surface area contributed by atoms with Crippen LogP contribution >= 0.6 is 11.3 Å². The number of hydrogen-bond acceptors (Lipinski definition) is 11. The van der Waals surface area contributed by atoms with Crippen molar-refractivity contribution in [2.75, 3.05) is 18.1 Å². The van der Waals surface area contributed by atoms with Crippen LogP contribution in [0.3, 0.4) is 0 Å². The van der Waals surface area contributed by atoms with Crippen molar-refractivity contribution in [3.05, 3.63) is 109 Å². The summed E-state index contributed by atoms with van der Waals surface area (Å²) in [4.78, 5) is 59.4. The van der Waals surface area contributed by atoms with Crippen LogP contribution in [0, 0.1) is 23.0 Å². The van der Waals surface area contributed by atoms with Crippen molar-refractivity contribution in [2.24, 2.45) is 11.7 Å². The highest BCUT2D eigenvalue weighted by atomic mass is 32.1. The van der Waals surface area contributed by atoms with Gasteiger partial charge in [-0.15, -0.1) is 11.3 Å². The first kappa shape index (κ1) is 29.6. The largest absolute Gasteiger partial charge is 0.465 e. The molecule has 2 N–H and O–H groups in total. The molecule has 0 spiro atoms. The van der Waals surface area contributed by atoms with Crippen LogP contribution in [0.2, 0.25) is 0 Å². The number of anilines is 1. The molecular weight excluding hydrogens is 572 g/mol. The number of nitrogens with two attached hydrogens (primary N) is 1. The fourth-order valence-electron chi connectivity index (χ4n) is 5.87. The number of Topliss-reactive ketones (excluding diaryl/α,β-unsaturated/α-hetero) is 1. The van der Waals surface area contributed by atoms with Crippen molar-refractivity contribution >= 4 is 40.4 Å². The molecule has 0 fully saturated rings. The van der Waals surface area contributed by atoms with E-state index in [0.29, 0.717) is 22.5 Å². The smallest absolute Gasteiger partial charge is 0.338 e. The number of allylic oxidation sites excluding steroid dienone is 2. The summed E-state index contributed by atoms with van der Waals surface area (Å²) in [5.41, 5.74) is 8.91. The summed E-state index contributed by atoms with van der Waals surface area (Å²) < 4.78 is 10.8. The predicted molar refractivity (Wildman–Crippen MR) is 159 cm³/mol. The second kappa shape index (κ2) is 12.2. The molecule has 43 heavy (non-hydrogen) atoms. The molecule has 1 aliphatic heterocycles. The van der Waals surface area contributed by atoms with Gasteiger partial charge in [0, 0.05) is 46.6 Å². The van der Waals surface area contributed by atoms with Gasteiger partial charge in [-0.1, -0.05) is 12.1 Å². The SMILES string of the molecule is CCOC(=O)C1=C(N)N(c2ccc([N+](=O)[O-])cc2C)C2=C(C(=O)[C@@H](C(=O)OCC)[C@@H](c3cccs3)C2)[C@@H]1c1cccnc1. The van der Waals surface area contributed by atoms with E-state index in [9.17, 15) is 24.5 Å². The molecule has 3 heterocycles. The normalized spacial score (nSPS) is 20.1. The lowest BCUT2D eigenvalue weighted by Gasteiger charge is -2.44. The van der Waals surface area contributed by atoms with Crippen molar-refractivity contribution in [3.8, 4) is 0 Å². The molecule has 3 atom stereocenters. The lowest BCUT2D eigenvalue weighted by molar-refractivity contribution is -0.384. The van der Waals surface area contributed by atoms with Crippen molar-refractivity contribution in [3.63, 3.8) is 0 Å². The van der Waals surface area contributed by atoms with E-state index in [0.717, 1.165) is 4.88 Å². The minimum absolute atomic E-state index is 0.0110. The van der Waals surface area contributed by atoms with Crippen molar-refractivity contribution in [1.29, 1.82) is 0 Å². The Kier molecular flexibility index (Phi) is 8.40. The molecule has 1 aromatic carbocycles. The van der Waals surface area contributed by atoms with Crippen LogP contribution in [-0.4, -0.2) is 40.8 Å². The maximum Gasteiger partial charge on any atom is 0.338 e. The Hall–Kier alpha value is -4.84. The highest BCUT2D eigenvalue weighted by molar-refractivity contribution is 7.10. The first-order valence-electron chi connectivity index (χ1n) is 13.8. The summed E-state index contributed by atoms with van der Waals surface area (Å²) >= 11 is 1.42. The third-order valence-electron chi connectivity index (χ3n) is 7.63. The molecule has 1 aliphatic carbocycles. The number of benzene rings is 1. The Morgan fingerprint density at radius 3 is 2.53 bits per heavy atom. The van der Waals surface area contributed by atoms with Gasteiger partial charge >= 0.3 is 11.9 Å². The first-order valence-corrected chi connectivity index (χ1v) is 14.7. The van der Waals surface area contributed by atoms with Crippen molar-refractivity contribution < 1.29 is 28.8 Å². The minimum atomic E-state index is -1.17. The van der Waals surface area contributed by atoms with Gasteiger partial charge in [0.15, 0.2) is 5.78 Å². The van der Waals surface area contributed by atoms with E-state index in [1.807, 2.05) is 17.5 Å². The molecule has 0 saturated carbocycles. The molecule has 0 bridgehead atoms. The van der Waals surface area contributed by atoms with Gasteiger partial charge in [0.2, 0.25) is 0 Å². The summed E-state index contributed by atoms with van der Waals surface area (Å²) in [7, 11) is 0. The maximum atomic E-state index is 14.7. The number of pyridine rings is 1. The molecule has 0 radical (unpaired) electrons. The van der Waals surface area contributed by atoms with Gasteiger partial charge in [-0.3, -0.25) is 29.6 Å². The second-order valence-electron chi connectivity index (χ2n) is 10.1. The topological polar surface area (TPSA) is 155 Å². The van der Waals surface area contributed by atoms with Gasteiger partial charge in [-0.25, -0.2) is 4.79 Å². The average Bonchev–Trinajstić information content (AvgIpc) is 3.52. The van der Waals surface area contributed by atoms with E-state index in [-0.39, 0.29) is 42.3 Å². The Morgan fingerprint density at radius 1 is 1.16 bits per heavy atom. The number of carbonyl (C=O) groups is 3. The number of aromatic nitrogens is 1. The lowest BCUT2D eigenvalue weighted by Crippen LogP contribution is -2.46. The van der Waals surface area contributed by atoms with E-state index in [4.69, 9.17) is 15.2 Å². The van der Waals surface area contributed by atoms with E-state index in [1.54, 1.807) is 56.3 Å². The highest BCUT2D eigenvalue weighted by Crippen LogP contribution is 2.52. The molecule has 11 nitrogen and oxygen atoms in total. The van der Waals surface area contributed by atoms with Gasteiger partial charge in [-0.05, 0) is 61.9 Å². The predicted octanol–water partition coefficient (Wildman–Crippen LogP) is 4.89. The number of non-ortho nitro benzene ring substituents is 1. The third kappa shape index (κ3) is 5.29. The fourth-order valence-corrected chi connectivity index (χ4v) is 6.73. The van der Waals surface area contributed by atoms with Gasteiger partial charge < -0.3 is 15.2 Å². The molecular formula is C31H30N4O7S. The highest BCUT2D eigenvalue weighted by Gasteiger charge is 2.51. The van der Waals surface area contributed by atoms with Gasteiger partial charge in [0.25, 0.3) is 5.69 Å². The Labute approximate surface area is 251 Å². The van der Waals surface area contributed by atoms with Crippen LogP contribution in [0.5, 0.6) is 0 Å². The molecule has 222 valence electrons. The van der Waals surface area contributed by atoms with Gasteiger partial charge in [0.05, 0.1) is 35.3 Å². The van der Waals surface area contributed by atoms with Crippen LogP contribution < -0.4 is 10.6 Å². The third-order valence-corrected chi connectivity index (χ3v) is 8.64. The molecule has 5 rings (SSSR count). The van der Waals surface area contributed by atoms with E-state index in [2.05, 4.69) is 4.98 Å². The van der Waals surface area contributed by atoms with E-state index >= 15 is 0 Å². The van der Waals surface area contributed by atoms with Crippen molar-refractivity contribution in [1.82, 2.24) is 4.98 Å². The number of carbonyl (C=O) groups excluding carboxylic acids is 3. The van der Waals surface area contributed by atoms with E-state index < -0.39 is 40.4 Å². The summed E-state index contributed by atoms with van der Waals surface area (Å²) in [6.45, 7) is 5.17. The van der Waals surface area contributed by atoms with Crippen LogP contribution in [0.15, 0.2) is 82.9 Å². The van der Waals surface area contributed by atoms with Gasteiger partial charge in [-0.2, -0.15) is 0 Å². The zero-order valence-corrected chi connectivity index (χ0v) is 24.6. The first-order chi connectivity index (χ1) is 20.7. The monoisotopic (exact) mass is 602 g/mol. The molecule has 2 aromatic heterocycles. The van der Waals surface area contributed by atoms with Crippen molar-refractivity contribution in [2.45, 2.75) is 39.0 Å².